The summed E-state index contributed by atoms with van der Waals surface area (Å²) >= 11 is 6.13. The second-order valence-corrected chi connectivity index (χ2v) is 5.31. The van der Waals surface area contributed by atoms with Crippen LogP contribution >= 0.6 is 11.6 Å². The number of rotatable bonds is 3. The Bertz CT molecular complexity index is 567. The van der Waals surface area contributed by atoms with Crippen LogP contribution in [0.15, 0.2) is 35.1 Å². The van der Waals surface area contributed by atoms with Crippen LogP contribution in [-0.4, -0.2) is 12.0 Å². The van der Waals surface area contributed by atoms with Crippen LogP contribution in [0.2, 0.25) is 5.22 Å². The van der Waals surface area contributed by atoms with Gasteiger partial charge in [0.15, 0.2) is 5.22 Å². The molecule has 0 aromatic carbocycles. The lowest BCUT2D eigenvalue weighted by Crippen LogP contribution is -2.27. The van der Waals surface area contributed by atoms with Gasteiger partial charge in [-0.25, -0.2) is 0 Å². The van der Waals surface area contributed by atoms with E-state index in [4.69, 9.17) is 16.0 Å². The van der Waals surface area contributed by atoms with Crippen LogP contribution in [0.5, 0.6) is 0 Å². The summed E-state index contributed by atoms with van der Waals surface area (Å²) in [4.78, 5) is 4.60. The van der Waals surface area contributed by atoms with E-state index in [2.05, 4.69) is 16.4 Å². The number of halogens is 1. The molecule has 3 nitrogen and oxygen atoms in total. The molecule has 2 unspecified atom stereocenters. The van der Waals surface area contributed by atoms with Crippen molar-refractivity contribution < 1.29 is 4.42 Å². The summed E-state index contributed by atoms with van der Waals surface area (Å²) in [5, 5.41) is 3.85. The van der Waals surface area contributed by atoms with Gasteiger partial charge in [0.25, 0.3) is 0 Å². The van der Waals surface area contributed by atoms with Gasteiger partial charge in [0.05, 0.1) is 6.26 Å². The first kappa shape index (κ1) is 12.7. The van der Waals surface area contributed by atoms with Crippen molar-refractivity contribution in [2.45, 2.75) is 31.2 Å². The summed E-state index contributed by atoms with van der Waals surface area (Å²) in [5.41, 5.74) is 3.58. The minimum atomic E-state index is 0.153. The Kier molecular flexibility index (Phi) is 3.58. The molecule has 0 saturated heterocycles. The molecule has 1 N–H and O–H groups in total. The van der Waals surface area contributed by atoms with Crippen molar-refractivity contribution in [2.75, 3.05) is 7.05 Å². The fraction of sp³-hybridized carbons (Fsp3) is 0.400. The topological polar surface area (TPSA) is 38.1 Å². The summed E-state index contributed by atoms with van der Waals surface area (Å²) in [6.45, 7) is 0. The van der Waals surface area contributed by atoms with Crippen molar-refractivity contribution in [3.8, 4) is 0 Å². The Hall–Kier alpha value is -1.32. The van der Waals surface area contributed by atoms with Crippen molar-refractivity contribution in [3.05, 3.63) is 52.7 Å². The number of furan rings is 1. The standard InChI is InChI=1S/C15H17ClN2O/c1-17-14(12-7-9-19-15(12)16)11-6-2-4-10-5-3-8-18-13(10)11/h3,5,7-9,11,14,17H,2,4,6H2,1H3. The van der Waals surface area contributed by atoms with Crippen molar-refractivity contribution in [3.63, 3.8) is 0 Å². The van der Waals surface area contributed by atoms with Gasteiger partial charge in [0, 0.05) is 29.4 Å². The van der Waals surface area contributed by atoms with Gasteiger partial charge >= 0.3 is 0 Å². The predicted molar refractivity (Wildman–Crippen MR) is 75.4 cm³/mol. The van der Waals surface area contributed by atoms with Crippen LogP contribution in [0.3, 0.4) is 0 Å². The summed E-state index contributed by atoms with van der Waals surface area (Å²) < 4.78 is 5.23. The van der Waals surface area contributed by atoms with Gasteiger partial charge in [-0.1, -0.05) is 6.07 Å². The third-order valence-corrected chi connectivity index (χ3v) is 4.24. The van der Waals surface area contributed by atoms with E-state index in [9.17, 15) is 0 Å². The van der Waals surface area contributed by atoms with Crippen LogP contribution in [0.1, 0.15) is 41.6 Å². The van der Waals surface area contributed by atoms with Crippen LogP contribution in [0, 0.1) is 0 Å². The Balaban J connectivity index is 2.00. The Morgan fingerprint density at radius 2 is 2.37 bits per heavy atom. The largest absolute Gasteiger partial charge is 0.453 e. The number of hydrogen-bond acceptors (Lipinski definition) is 3. The van der Waals surface area contributed by atoms with Crippen LogP contribution in [0.4, 0.5) is 0 Å². The predicted octanol–water partition coefficient (Wildman–Crippen LogP) is 3.71. The number of aryl methyl sites for hydroxylation is 1. The highest BCUT2D eigenvalue weighted by Gasteiger charge is 2.31. The SMILES string of the molecule is CNC(c1ccoc1Cl)C1CCCc2cccnc21. The molecule has 2 aromatic heterocycles. The minimum Gasteiger partial charge on any atom is -0.453 e. The number of hydrogen-bond donors (Lipinski definition) is 1. The third-order valence-electron chi connectivity index (χ3n) is 3.93. The van der Waals surface area contributed by atoms with Crippen LogP contribution in [-0.2, 0) is 6.42 Å². The molecule has 1 aliphatic carbocycles. The normalized spacial score (nSPS) is 20.0. The van der Waals surface area contributed by atoms with Gasteiger partial charge < -0.3 is 9.73 Å². The second kappa shape index (κ2) is 5.35. The molecule has 2 aromatic rings. The zero-order valence-corrected chi connectivity index (χ0v) is 11.7. The van der Waals surface area contributed by atoms with E-state index < -0.39 is 0 Å². The first-order chi connectivity index (χ1) is 9.31. The van der Waals surface area contributed by atoms with Gasteiger partial charge in [-0.3, -0.25) is 4.98 Å². The van der Waals surface area contributed by atoms with E-state index in [0.29, 0.717) is 11.1 Å². The minimum absolute atomic E-state index is 0.153. The summed E-state index contributed by atoms with van der Waals surface area (Å²) in [7, 11) is 1.96. The second-order valence-electron chi connectivity index (χ2n) is 4.96. The Labute approximate surface area is 118 Å². The maximum Gasteiger partial charge on any atom is 0.197 e. The molecule has 0 bridgehead atoms. The van der Waals surface area contributed by atoms with Gasteiger partial charge in [0.2, 0.25) is 0 Å². The lowest BCUT2D eigenvalue weighted by atomic mass is 9.80. The number of nitrogens with zero attached hydrogens (tertiary/aromatic N) is 1. The molecule has 0 amide bonds. The highest BCUT2D eigenvalue weighted by molar-refractivity contribution is 6.29. The molecule has 2 heterocycles. The number of likely N-dealkylation sites (N-methyl/N-ethyl adjacent to an activating group) is 1. The molecule has 19 heavy (non-hydrogen) atoms. The number of aromatic nitrogens is 1. The van der Waals surface area contributed by atoms with E-state index in [-0.39, 0.29) is 6.04 Å². The highest BCUT2D eigenvalue weighted by atomic mass is 35.5. The van der Waals surface area contributed by atoms with Gasteiger partial charge in [-0.15, -0.1) is 0 Å². The average Bonchev–Trinajstić information content (AvgIpc) is 2.86. The molecule has 4 heteroatoms. The number of pyridine rings is 1. The smallest absolute Gasteiger partial charge is 0.197 e. The van der Waals surface area contributed by atoms with E-state index in [1.165, 1.54) is 17.7 Å². The molecule has 0 aliphatic heterocycles. The lowest BCUT2D eigenvalue weighted by molar-refractivity contribution is 0.412. The zero-order chi connectivity index (χ0) is 13.2. The summed E-state index contributed by atoms with van der Waals surface area (Å²) in [6, 6.07) is 6.29. The fourth-order valence-electron chi connectivity index (χ4n) is 3.07. The maximum atomic E-state index is 6.13. The quantitative estimate of drug-likeness (QED) is 0.929. The molecule has 0 saturated carbocycles. The average molecular weight is 277 g/mol. The molecule has 2 atom stereocenters. The molecular weight excluding hydrogens is 260 g/mol. The van der Waals surface area contributed by atoms with E-state index >= 15 is 0 Å². The Morgan fingerprint density at radius 1 is 1.47 bits per heavy atom. The molecule has 0 fully saturated rings. The molecule has 3 rings (SSSR count). The van der Waals surface area contributed by atoms with Crippen molar-refractivity contribution in [1.82, 2.24) is 10.3 Å². The lowest BCUT2D eigenvalue weighted by Gasteiger charge is -2.30. The first-order valence-electron chi connectivity index (χ1n) is 6.65. The first-order valence-corrected chi connectivity index (χ1v) is 7.03. The zero-order valence-electron chi connectivity index (χ0n) is 10.9. The van der Waals surface area contributed by atoms with Crippen molar-refractivity contribution in [1.29, 1.82) is 0 Å². The highest BCUT2D eigenvalue weighted by Crippen LogP contribution is 2.41. The fourth-order valence-corrected chi connectivity index (χ4v) is 3.30. The third kappa shape index (κ3) is 2.28. The molecular formula is C15H17ClN2O. The van der Waals surface area contributed by atoms with E-state index in [0.717, 1.165) is 18.4 Å². The van der Waals surface area contributed by atoms with Gasteiger partial charge in [-0.05, 0) is 55.6 Å². The van der Waals surface area contributed by atoms with E-state index in [1.807, 2.05) is 25.4 Å². The molecule has 100 valence electrons. The monoisotopic (exact) mass is 276 g/mol. The van der Waals surface area contributed by atoms with Gasteiger partial charge in [-0.2, -0.15) is 0 Å². The molecule has 0 spiro atoms. The van der Waals surface area contributed by atoms with Gasteiger partial charge in [0.1, 0.15) is 0 Å². The van der Waals surface area contributed by atoms with Crippen LogP contribution in [0.25, 0.3) is 0 Å². The Morgan fingerprint density at radius 3 is 3.11 bits per heavy atom. The van der Waals surface area contributed by atoms with Crippen molar-refractivity contribution >= 4 is 11.6 Å². The van der Waals surface area contributed by atoms with E-state index in [1.54, 1.807) is 6.26 Å². The summed E-state index contributed by atoms with van der Waals surface area (Å²) in [5.74, 6) is 0.352. The maximum absolute atomic E-state index is 6.13. The number of nitrogens with one attached hydrogen (secondary N) is 1. The van der Waals surface area contributed by atoms with Crippen LogP contribution < -0.4 is 5.32 Å². The molecule has 1 aliphatic rings. The summed E-state index contributed by atoms with van der Waals surface area (Å²) in [6.07, 6.45) is 6.95. The van der Waals surface area contributed by atoms with Crippen molar-refractivity contribution in [2.24, 2.45) is 0 Å². The molecule has 0 radical (unpaired) electrons. The number of fused-ring (bicyclic) bond motifs is 1.